The van der Waals surface area contributed by atoms with Gasteiger partial charge in [-0.1, -0.05) is 48.0 Å². The molecule has 2 aromatic carbocycles. The third-order valence-electron chi connectivity index (χ3n) is 2.94. The van der Waals surface area contributed by atoms with Crippen LogP contribution in [0.2, 0.25) is 5.02 Å². The van der Waals surface area contributed by atoms with Gasteiger partial charge in [-0.3, -0.25) is 0 Å². The van der Waals surface area contributed by atoms with E-state index in [1.807, 2.05) is 30.3 Å². The molecule has 0 spiro atoms. The van der Waals surface area contributed by atoms with Crippen molar-refractivity contribution in [1.82, 2.24) is 5.32 Å². The van der Waals surface area contributed by atoms with Crippen molar-refractivity contribution in [3.8, 4) is 0 Å². The Kier molecular flexibility index (Phi) is 4.91. The first-order valence-corrected chi connectivity index (χ1v) is 6.41. The molecule has 100 valence electrons. The van der Waals surface area contributed by atoms with E-state index >= 15 is 0 Å². The molecule has 4 heteroatoms. The number of rotatable bonds is 5. The summed E-state index contributed by atoms with van der Waals surface area (Å²) in [6, 6.07) is 13.8. The quantitative estimate of drug-likeness (QED) is 0.880. The second kappa shape index (κ2) is 6.66. The summed E-state index contributed by atoms with van der Waals surface area (Å²) in [5.74, 6) is -0.351. The lowest BCUT2D eigenvalue weighted by molar-refractivity contribution is 0.243. The van der Waals surface area contributed by atoms with E-state index in [1.165, 1.54) is 12.1 Å². The molecule has 0 saturated carbocycles. The van der Waals surface area contributed by atoms with E-state index in [2.05, 4.69) is 5.32 Å². The summed E-state index contributed by atoms with van der Waals surface area (Å²) in [5, 5.41) is 13.0. The minimum atomic E-state index is -0.351. The number of hydrogen-bond acceptors (Lipinski definition) is 2. The summed E-state index contributed by atoms with van der Waals surface area (Å²) < 4.78 is 12.9. The van der Waals surface area contributed by atoms with E-state index in [1.54, 1.807) is 6.07 Å². The van der Waals surface area contributed by atoms with Crippen LogP contribution < -0.4 is 5.32 Å². The lowest BCUT2D eigenvalue weighted by atomic mass is 10.1. The molecule has 0 aromatic heterocycles. The van der Waals surface area contributed by atoms with E-state index in [4.69, 9.17) is 11.6 Å². The normalized spacial score (nSPS) is 12.4. The van der Waals surface area contributed by atoms with E-state index in [-0.39, 0.29) is 18.5 Å². The average Bonchev–Trinajstić information content (AvgIpc) is 2.43. The van der Waals surface area contributed by atoms with Crippen LogP contribution in [-0.2, 0) is 6.54 Å². The van der Waals surface area contributed by atoms with Gasteiger partial charge in [-0.15, -0.1) is 0 Å². The molecule has 0 bridgehead atoms. The van der Waals surface area contributed by atoms with Crippen molar-refractivity contribution in [2.45, 2.75) is 12.6 Å². The van der Waals surface area contributed by atoms with Gasteiger partial charge in [-0.05, 0) is 23.3 Å². The van der Waals surface area contributed by atoms with Gasteiger partial charge < -0.3 is 10.4 Å². The molecular formula is C15H15ClFNO. The van der Waals surface area contributed by atoms with Crippen molar-refractivity contribution in [3.05, 3.63) is 70.5 Å². The van der Waals surface area contributed by atoms with Crippen LogP contribution in [0, 0.1) is 5.82 Å². The van der Waals surface area contributed by atoms with E-state index in [0.29, 0.717) is 11.6 Å². The summed E-state index contributed by atoms with van der Waals surface area (Å²) in [5.41, 5.74) is 1.81. The second-order valence-corrected chi connectivity index (χ2v) is 4.67. The van der Waals surface area contributed by atoms with Crippen LogP contribution in [0.3, 0.4) is 0 Å². The van der Waals surface area contributed by atoms with E-state index in [9.17, 15) is 9.50 Å². The van der Waals surface area contributed by atoms with Gasteiger partial charge in [0, 0.05) is 11.6 Å². The smallest absolute Gasteiger partial charge is 0.124 e. The molecule has 0 saturated heterocycles. The molecule has 0 heterocycles. The Labute approximate surface area is 116 Å². The summed E-state index contributed by atoms with van der Waals surface area (Å²) in [6.45, 7) is 0.460. The van der Waals surface area contributed by atoms with E-state index in [0.717, 1.165) is 11.1 Å². The van der Waals surface area contributed by atoms with Gasteiger partial charge in [0.15, 0.2) is 0 Å². The summed E-state index contributed by atoms with van der Waals surface area (Å²) in [4.78, 5) is 0. The Morgan fingerprint density at radius 3 is 2.53 bits per heavy atom. The van der Waals surface area contributed by atoms with Crippen molar-refractivity contribution < 1.29 is 9.50 Å². The Morgan fingerprint density at radius 1 is 1.16 bits per heavy atom. The highest BCUT2D eigenvalue weighted by Crippen LogP contribution is 2.19. The first-order chi connectivity index (χ1) is 9.20. The minimum Gasteiger partial charge on any atom is -0.394 e. The largest absolute Gasteiger partial charge is 0.394 e. The Morgan fingerprint density at radius 2 is 1.89 bits per heavy atom. The predicted octanol–water partition coefficient (Wildman–Crippen LogP) is 3.30. The van der Waals surface area contributed by atoms with Crippen LogP contribution in [0.5, 0.6) is 0 Å². The topological polar surface area (TPSA) is 32.3 Å². The lowest BCUT2D eigenvalue weighted by Crippen LogP contribution is -2.24. The molecule has 2 nitrogen and oxygen atoms in total. The van der Waals surface area contributed by atoms with Crippen molar-refractivity contribution >= 4 is 11.6 Å². The fourth-order valence-corrected chi connectivity index (χ4v) is 2.11. The monoisotopic (exact) mass is 279 g/mol. The minimum absolute atomic E-state index is 0.0111. The molecule has 0 amide bonds. The number of hydrogen-bond donors (Lipinski definition) is 2. The van der Waals surface area contributed by atoms with Crippen molar-refractivity contribution in [3.63, 3.8) is 0 Å². The summed E-state index contributed by atoms with van der Waals surface area (Å²) in [6.07, 6.45) is 0. The predicted molar refractivity (Wildman–Crippen MR) is 74.5 cm³/mol. The molecule has 0 unspecified atom stereocenters. The van der Waals surface area contributed by atoms with Crippen LogP contribution in [0.4, 0.5) is 4.39 Å². The highest BCUT2D eigenvalue weighted by molar-refractivity contribution is 6.31. The molecular weight excluding hydrogens is 265 g/mol. The van der Waals surface area contributed by atoms with Crippen LogP contribution in [0.15, 0.2) is 48.5 Å². The molecule has 0 radical (unpaired) electrons. The highest BCUT2D eigenvalue weighted by Gasteiger charge is 2.10. The average molecular weight is 280 g/mol. The third kappa shape index (κ3) is 3.77. The number of nitrogens with one attached hydrogen (secondary N) is 1. The van der Waals surface area contributed by atoms with Crippen molar-refractivity contribution in [1.29, 1.82) is 0 Å². The Balaban J connectivity index is 2.04. The number of benzene rings is 2. The van der Waals surface area contributed by atoms with Gasteiger partial charge >= 0.3 is 0 Å². The fraction of sp³-hybridized carbons (Fsp3) is 0.200. The molecule has 0 aliphatic carbocycles. The van der Waals surface area contributed by atoms with Crippen LogP contribution in [0.25, 0.3) is 0 Å². The molecule has 0 aliphatic rings. The maximum atomic E-state index is 12.9. The van der Waals surface area contributed by atoms with Crippen molar-refractivity contribution in [2.75, 3.05) is 6.61 Å². The van der Waals surface area contributed by atoms with E-state index < -0.39 is 0 Å². The lowest BCUT2D eigenvalue weighted by Gasteiger charge is -2.17. The zero-order valence-corrected chi connectivity index (χ0v) is 11.1. The molecule has 0 aliphatic heterocycles. The molecule has 19 heavy (non-hydrogen) atoms. The fourth-order valence-electron chi connectivity index (χ4n) is 1.87. The molecule has 2 aromatic rings. The van der Waals surface area contributed by atoms with Crippen LogP contribution in [-0.4, -0.2) is 11.7 Å². The maximum Gasteiger partial charge on any atom is 0.124 e. The number of halogens is 2. The van der Waals surface area contributed by atoms with Gasteiger partial charge in [0.1, 0.15) is 5.82 Å². The zero-order valence-electron chi connectivity index (χ0n) is 10.3. The Bertz CT molecular complexity index is 533. The molecule has 2 N–H and O–H groups in total. The van der Waals surface area contributed by atoms with Crippen LogP contribution >= 0.6 is 11.6 Å². The highest BCUT2D eigenvalue weighted by atomic mass is 35.5. The molecule has 2 rings (SSSR count). The first kappa shape index (κ1) is 14.0. The molecule has 1 atom stereocenters. The first-order valence-electron chi connectivity index (χ1n) is 6.04. The third-order valence-corrected chi connectivity index (χ3v) is 3.29. The zero-order chi connectivity index (χ0) is 13.7. The standard InChI is InChI=1S/C15H15ClFNO/c16-14-8-13(17)7-6-12(14)9-18-15(10-19)11-4-2-1-3-5-11/h1-8,15,18-19H,9-10H2/t15-/m1/s1. The van der Waals surface area contributed by atoms with Gasteiger partial charge in [0.2, 0.25) is 0 Å². The Hall–Kier alpha value is -1.42. The second-order valence-electron chi connectivity index (χ2n) is 4.26. The maximum absolute atomic E-state index is 12.9. The van der Waals surface area contributed by atoms with Gasteiger partial charge in [-0.2, -0.15) is 0 Å². The number of aliphatic hydroxyl groups excluding tert-OH is 1. The van der Waals surface area contributed by atoms with Gasteiger partial charge in [-0.25, -0.2) is 4.39 Å². The van der Waals surface area contributed by atoms with Gasteiger partial charge in [0.25, 0.3) is 0 Å². The summed E-state index contributed by atoms with van der Waals surface area (Å²) in [7, 11) is 0. The number of aliphatic hydroxyl groups is 1. The summed E-state index contributed by atoms with van der Waals surface area (Å²) >= 11 is 5.96. The molecule has 0 fully saturated rings. The van der Waals surface area contributed by atoms with Crippen LogP contribution in [0.1, 0.15) is 17.2 Å². The van der Waals surface area contributed by atoms with Crippen molar-refractivity contribution in [2.24, 2.45) is 0 Å². The SMILES string of the molecule is OC[C@@H](NCc1ccc(F)cc1Cl)c1ccccc1. The van der Waals surface area contributed by atoms with Gasteiger partial charge in [0.05, 0.1) is 12.6 Å².